The highest BCUT2D eigenvalue weighted by Gasteiger charge is 2.26. The number of ether oxygens (including phenoxy) is 1. The van der Waals surface area contributed by atoms with Crippen molar-refractivity contribution >= 4 is 5.95 Å². The van der Waals surface area contributed by atoms with Crippen molar-refractivity contribution in [1.29, 1.82) is 0 Å². The van der Waals surface area contributed by atoms with Crippen LogP contribution in [0.1, 0.15) is 32.2 Å². The second-order valence-electron chi connectivity index (χ2n) is 6.29. The fourth-order valence-corrected chi connectivity index (χ4v) is 2.96. The maximum Gasteiger partial charge on any atom is 0.227 e. The highest BCUT2D eigenvalue weighted by atomic mass is 16.5. The highest BCUT2D eigenvalue weighted by molar-refractivity contribution is 5.33. The maximum absolute atomic E-state index is 5.86. The summed E-state index contributed by atoms with van der Waals surface area (Å²) in [5.41, 5.74) is 1.20. The van der Waals surface area contributed by atoms with Gasteiger partial charge in [0.2, 0.25) is 5.95 Å². The van der Waals surface area contributed by atoms with Crippen LogP contribution in [0, 0.1) is 5.92 Å². The number of hydrogen-bond donors (Lipinski definition) is 0. The Bertz CT molecular complexity index is 625. The molecule has 0 saturated carbocycles. The van der Waals surface area contributed by atoms with Gasteiger partial charge in [0.1, 0.15) is 5.82 Å². The lowest BCUT2D eigenvalue weighted by Crippen LogP contribution is -2.45. The number of rotatable bonds is 5. The monoisotopic (exact) mass is 315 g/mol. The molecule has 0 aromatic carbocycles. The number of nitrogens with zero attached hydrogens (tertiary/aromatic N) is 5. The van der Waals surface area contributed by atoms with E-state index in [0.717, 1.165) is 44.4 Å². The van der Waals surface area contributed by atoms with Crippen molar-refractivity contribution in [3.05, 3.63) is 35.9 Å². The molecule has 1 unspecified atom stereocenters. The van der Waals surface area contributed by atoms with Crippen LogP contribution in [0.3, 0.4) is 0 Å². The van der Waals surface area contributed by atoms with Gasteiger partial charge in [-0.2, -0.15) is 0 Å². The lowest BCUT2D eigenvalue weighted by Gasteiger charge is -2.35. The molecule has 1 aliphatic rings. The molecular weight excluding hydrogens is 290 g/mol. The van der Waals surface area contributed by atoms with E-state index in [1.54, 1.807) is 0 Å². The van der Waals surface area contributed by atoms with Crippen molar-refractivity contribution in [2.45, 2.75) is 39.8 Å². The zero-order valence-corrected chi connectivity index (χ0v) is 14.1. The van der Waals surface area contributed by atoms with Crippen LogP contribution in [0.15, 0.2) is 24.5 Å². The summed E-state index contributed by atoms with van der Waals surface area (Å²) in [5, 5.41) is 8.91. The molecule has 0 N–H and O–H groups in total. The second-order valence-corrected chi connectivity index (χ2v) is 6.29. The standard InChI is InChI=1S/C17H25N5O/c1-4-22-16(11-14-5-7-18-8-6-14)19-20-17(22)21-9-10-23-15(12-21)13(2)3/h5-8,13,15H,4,9-12H2,1-3H3. The van der Waals surface area contributed by atoms with E-state index in [2.05, 4.69) is 45.4 Å². The van der Waals surface area contributed by atoms with Gasteiger partial charge in [0.25, 0.3) is 0 Å². The summed E-state index contributed by atoms with van der Waals surface area (Å²) >= 11 is 0. The largest absolute Gasteiger partial charge is 0.374 e. The first-order valence-electron chi connectivity index (χ1n) is 8.36. The fraction of sp³-hybridized carbons (Fsp3) is 0.588. The first-order chi connectivity index (χ1) is 11.2. The molecule has 2 aromatic heterocycles. The minimum Gasteiger partial charge on any atom is -0.374 e. The third-order valence-corrected chi connectivity index (χ3v) is 4.36. The Morgan fingerprint density at radius 2 is 2.04 bits per heavy atom. The van der Waals surface area contributed by atoms with Crippen molar-refractivity contribution in [2.24, 2.45) is 5.92 Å². The Morgan fingerprint density at radius 3 is 2.74 bits per heavy atom. The quantitative estimate of drug-likeness (QED) is 0.846. The average molecular weight is 315 g/mol. The summed E-state index contributed by atoms with van der Waals surface area (Å²) in [5.74, 6) is 2.47. The molecule has 2 aromatic rings. The van der Waals surface area contributed by atoms with Crippen LogP contribution in [0.4, 0.5) is 5.95 Å². The van der Waals surface area contributed by atoms with E-state index in [0.29, 0.717) is 5.92 Å². The van der Waals surface area contributed by atoms with Crippen molar-refractivity contribution in [2.75, 3.05) is 24.6 Å². The zero-order valence-electron chi connectivity index (χ0n) is 14.1. The van der Waals surface area contributed by atoms with Gasteiger partial charge in [-0.1, -0.05) is 13.8 Å². The molecule has 23 heavy (non-hydrogen) atoms. The molecule has 1 saturated heterocycles. The van der Waals surface area contributed by atoms with E-state index in [-0.39, 0.29) is 6.10 Å². The first kappa shape index (κ1) is 15.9. The van der Waals surface area contributed by atoms with Crippen LogP contribution in [0.2, 0.25) is 0 Å². The van der Waals surface area contributed by atoms with E-state index in [9.17, 15) is 0 Å². The molecule has 1 fully saturated rings. The van der Waals surface area contributed by atoms with Gasteiger partial charge < -0.3 is 9.64 Å². The Balaban J connectivity index is 1.80. The molecular formula is C17H25N5O. The van der Waals surface area contributed by atoms with Crippen molar-refractivity contribution in [1.82, 2.24) is 19.7 Å². The van der Waals surface area contributed by atoms with E-state index in [1.165, 1.54) is 5.56 Å². The molecule has 0 radical (unpaired) electrons. The SMILES string of the molecule is CCn1c(Cc2ccncc2)nnc1N1CCOC(C(C)C)C1. The number of morpholine rings is 1. The van der Waals surface area contributed by atoms with Gasteiger partial charge in [0.05, 0.1) is 12.7 Å². The van der Waals surface area contributed by atoms with Crippen molar-refractivity contribution in [3.63, 3.8) is 0 Å². The molecule has 6 heteroatoms. The average Bonchev–Trinajstić information content (AvgIpc) is 2.98. The zero-order chi connectivity index (χ0) is 16.2. The minimum atomic E-state index is 0.259. The highest BCUT2D eigenvalue weighted by Crippen LogP contribution is 2.21. The predicted octanol–water partition coefficient (Wildman–Crippen LogP) is 2.14. The summed E-state index contributed by atoms with van der Waals surface area (Å²) in [6.07, 6.45) is 4.67. The van der Waals surface area contributed by atoms with Crippen LogP contribution in [-0.4, -0.2) is 45.5 Å². The molecule has 3 heterocycles. The lowest BCUT2D eigenvalue weighted by atomic mass is 10.1. The number of anilines is 1. The third-order valence-electron chi connectivity index (χ3n) is 4.36. The molecule has 0 spiro atoms. The molecule has 0 aliphatic carbocycles. The normalized spacial score (nSPS) is 18.6. The van der Waals surface area contributed by atoms with Crippen LogP contribution >= 0.6 is 0 Å². The van der Waals surface area contributed by atoms with Gasteiger partial charge >= 0.3 is 0 Å². The van der Waals surface area contributed by atoms with Gasteiger partial charge in [0, 0.05) is 38.4 Å². The minimum absolute atomic E-state index is 0.259. The Kier molecular flexibility index (Phi) is 4.91. The van der Waals surface area contributed by atoms with Crippen LogP contribution in [-0.2, 0) is 17.7 Å². The molecule has 0 bridgehead atoms. The Labute approximate surface area is 137 Å². The molecule has 1 aliphatic heterocycles. The van der Waals surface area contributed by atoms with Crippen LogP contribution < -0.4 is 4.90 Å². The molecule has 3 rings (SSSR count). The summed E-state index contributed by atoms with van der Waals surface area (Å²) in [4.78, 5) is 6.37. The van der Waals surface area contributed by atoms with Crippen molar-refractivity contribution in [3.8, 4) is 0 Å². The predicted molar refractivity (Wildman–Crippen MR) is 89.5 cm³/mol. The maximum atomic E-state index is 5.86. The summed E-state index contributed by atoms with van der Waals surface area (Å²) in [6, 6.07) is 4.05. The molecule has 124 valence electrons. The fourth-order valence-electron chi connectivity index (χ4n) is 2.96. The first-order valence-corrected chi connectivity index (χ1v) is 8.36. The Morgan fingerprint density at radius 1 is 1.26 bits per heavy atom. The smallest absolute Gasteiger partial charge is 0.227 e. The van der Waals surface area contributed by atoms with E-state index < -0.39 is 0 Å². The molecule has 0 amide bonds. The summed E-state index contributed by atoms with van der Waals surface area (Å²) in [7, 11) is 0. The van der Waals surface area contributed by atoms with E-state index in [1.807, 2.05) is 24.5 Å². The summed E-state index contributed by atoms with van der Waals surface area (Å²) in [6.45, 7) is 9.91. The molecule has 1 atom stereocenters. The third kappa shape index (κ3) is 3.52. The molecule has 6 nitrogen and oxygen atoms in total. The van der Waals surface area contributed by atoms with E-state index in [4.69, 9.17) is 4.74 Å². The van der Waals surface area contributed by atoms with Crippen molar-refractivity contribution < 1.29 is 4.74 Å². The van der Waals surface area contributed by atoms with Crippen LogP contribution in [0.5, 0.6) is 0 Å². The lowest BCUT2D eigenvalue weighted by molar-refractivity contribution is 0.0107. The number of hydrogen-bond acceptors (Lipinski definition) is 5. The summed E-state index contributed by atoms with van der Waals surface area (Å²) < 4.78 is 8.07. The van der Waals surface area contributed by atoms with E-state index >= 15 is 0 Å². The van der Waals surface area contributed by atoms with Gasteiger partial charge in [-0.25, -0.2) is 0 Å². The topological polar surface area (TPSA) is 56.1 Å². The van der Waals surface area contributed by atoms with Gasteiger partial charge in [0.15, 0.2) is 0 Å². The number of aromatic nitrogens is 4. The van der Waals surface area contributed by atoms with Crippen LogP contribution in [0.25, 0.3) is 0 Å². The van der Waals surface area contributed by atoms with Gasteiger partial charge in [-0.05, 0) is 30.5 Å². The second kappa shape index (κ2) is 7.08. The number of pyridine rings is 1. The van der Waals surface area contributed by atoms with Gasteiger partial charge in [-0.3, -0.25) is 9.55 Å². The van der Waals surface area contributed by atoms with Gasteiger partial charge in [-0.15, -0.1) is 10.2 Å². The Hall–Kier alpha value is -1.95.